The molecule has 0 bridgehead atoms. The Labute approximate surface area is 192 Å². The van der Waals surface area contributed by atoms with Crippen LogP contribution in [0.25, 0.3) is 6.08 Å². The van der Waals surface area contributed by atoms with Gasteiger partial charge in [0.15, 0.2) is 0 Å². The highest BCUT2D eigenvalue weighted by molar-refractivity contribution is 7.86. The van der Waals surface area contributed by atoms with E-state index in [4.69, 9.17) is 0 Å². The molecule has 0 aliphatic heterocycles. The highest BCUT2D eigenvalue weighted by Crippen LogP contribution is 2.29. The molecule has 1 N–H and O–H groups in total. The third-order valence-corrected chi connectivity index (χ3v) is 6.04. The molecule has 0 aliphatic carbocycles. The number of alkyl halides is 3. The topological polar surface area (TPSA) is 69.2 Å². The van der Waals surface area contributed by atoms with E-state index >= 15 is 0 Å². The van der Waals surface area contributed by atoms with E-state index < -0.39 is 32.6 Å². The third kappa shape index (κ3) is 9.55. The van der Waals surface area contributed by atoms with E-state index in [2.05, 4.69) is 5.32 Å². The fourth-order valence-corrected chi connectivity index (χ4v) is 4.12. The van der Waals surface area contributed by atoms with Crippen molar-refractivity contribution in [3.8, 4) is 0 Å². The van der Waals surface area contributed by atoms with Crippen LogP contribution in [0, 0.1) is 5.82 Å². The monoisotopic (exact) mass is 486 g/mol. The van der Waals surface area contributed by atoms with Crippen molar-refractivity contribution in [3.63, 3.8) is 0 Å². The van der Waals surface area contributed by atoms with Crippen LogP contribution >= 0.6 is 0 Å². The lowest BCUT2D eigenvalue weighted by atomic mass is 10.1. The molecule has 9 heteroatoms. The first-order valence-electron chi connectivity index (χ1n) is 10.9. The number of hydrogen-bond donors (Lipinski definition) is 1. The fraction of sp³-hybridized carbons (Fsp3) is 0.417. The SMILES string of the molecule is O=S(=O)([O-])c1c(F)cccc1NCCCCCCCCC/C=C/c1ccc(C(F)(F)F)cc1. The Balaban J connectivity index is 1.53. The Morgan fingerprint density at radius 2 is 1.48 bits per heavy atom. The second kappa shape index (κ2) is 12.7. The Morgan fingerprint density at radius 3 is 2.09 bits per heavy atom. The smallest absolute Gasteiger partial charge is 0.416 e. The molecule has 0 unspecified atom stereocenters. The first-order valence-corrected chi connectivity index (χ1v) is 12.3. The zero-order valence-electron chi connectivity index (χ0n) is 18.2. The first-order chi connectivity index (χ1) is 15.6. The van der Waals surface area contributed by atoms with E-state index in [0.717, 1.165) is 75.1 Å². The summed E-state index contributed by atoms with van der Waals surface area (Å²) in [5, 5.41) is 2.83. The second-order valence-electron chi connectivity index (χ2n) is 7.78. The van der Waals surface area contributed by atoms with Crippen molar-refractivity contribution in [2.75, 3.05) is 11.9 Å². The lowest BCUT2D eigenvalue weighted by Gasteiger charge is -2.15. The van der Waals surface area contributed by atoms with Gasteiger partial charge in [0.1, 0.15) is 20.8 Å². The van der Waals surface area contributed by atoms with Gasteiger partial charge in [-0.2, -0.15) is 13.2 Å². The summed E-state index contributed by atoms with van der Waals surface area (Å²) in [7, 11) is -4.88. The first kappa shape index (κ1) is 26.9. The number of anilines is 1. The fourth-order valence-electron chi connectivity index (χ4n) is 3.40. The molecule has 0 radical (unpaired) electrons. The van der Waals surface area contributed by atoms with Gasteiger partial charge in [-0.05, 0) is 49.1 Å². The third-order valence-electron chi connectivity index (χ3n) is 5.13. The predicted molar refractivity (Wildman–Crippen MR) is 120 cm³/mol. The summed E-state index contributed by atoms with van der Waals surface area (Å²) >= 11 is 0. The van der Waals surface area contributed by atoms with Crippen LogP contribution in [0.3, 0.4) is 0 Å². The summed E-state index contributed by atoms with van der Waals surface area (Å²) in [4.78, 5) is -0.836. The van der Waals surface area contributed by atoms with Crippen molar-refractivity contribution in [3.05, 3.63) is 65.5 Å². The van der Waals surface area contributed by atoms with Crippen LogP contribution in [0.4, 0.5) is 23.2 Å². The van der Waals surface area contributed by atoms with Crippen LogP contribution in [0.2, 0.25) is 0 Å². The highest BCUT2D eigenvalue weighted by atomic mass is 32.2. The van der Waals surface area contributed by atoms with Crippen LogP contribution in [-0.4, -0.2) is 19.5 Å². The van der Waals surface area contributed by atoms with Gasteiger partial charge in [-0.15, -0.1) is 0 Å². The van der Waals surface area contributed by atoms with Crippen LogP contribution in [0.1, 0.15) is 62.5 Å². The van der Waals surface area contributed by atoms with Gasteiger partial charge < -0.3 is 9.87 Å². The maximum atomic E-state index is 13.7. The Kier molecular flexibility index (Phi) is 10.4. The maximum Gasteiger partial charge on any atom is 0.416 e. The Morgan fingerprint density at radius 1 is 0.879 bits per heavy atom. The molecule has 182 valence electrons. The molecule has 0 aliphatic rings. The zero-order valence-corrected chi connectivity index (χ0v) is 19.0. The maximum absolute atomic E-state index is 13.7. The molecular formula is C24H28F4NO3S-. The van der Waals surface area contributed by atoms with Gasteiger partial charge in [0.25, 0.3) is 0 Å². The van der Waals surface area contributed by atoms with Crippen molar-refractivity contribution in [2.24, 2.45) is 0 Å². The van der Waals surface area contributed by atoms with Crippen LogP contribution in [-0.2, 0) is 16.3 Å². The summed E-state index contributed by atoms with van der Waals surface area (Å²) < 4.78 is 84.9. The van der Waals surface area contributed by atoms with E-state index in [1.807, 2.05) is 12.2 Å². The number of allylic oxidation sites excluding steroid dienone is 1. The summed E-state index contributed by atoms with van der Waals surface area (Å²) in [5.41, 5.74) is 0.0914. The number of unbranched alkanes of at least 4 members (excludes halogenated alkanes) is 7. The van der Waals surface area contributed by atoms with Gasteiger partial charge in [-0.3, -0.25) is 0 Å². The van der Waals surface area contributed by atoms with Crippen molar-refractivity contribution in [2.45, 2.75) is 62.4 Å². The molecule has 0 saturated heterocycles. The minimum atomic E-state index is -4.88. The van der Waals surface area contributed by atoms with E-state index in [0.29, 0.717) is 6.54 Å². The van der Waals surface area contributed by atoms with E-state index in [1.165, 1.54) is 24.3 Å². The summed E-state index contributed by atoms with van der Waals surface area (Å²) in [6.07, 6.45) is 7.25. The van der Waals surface area contributed by atoms with Crippen molar-refractivity contribution in [1.29, 1.82) is 0 Å². The van der Waals surface area contributed by atoms with Gasteiger partial charge in [-0.25, -0.2) is 12.8 Å². The average Bonchev–Trinajstić information content (AvgIpc) is 2.73. The molecule has 0 heterocycles. The lowest BCUT2D eigenvalue weighted by molar-refractivity contribution is -0.137. The molecule has 0 aromatic heterocycles. The molecule has 0 saturated carbocycles. The van der Waals surface area contributed by atoms with E-state index in [-0.39, 0.29) is 5.69 Å². The number of rotatable bonds is 13. The van der Waals surface area contributed by atoms with Crippen molar-refractivity contribution < 1.29 is 30.5 Å². The van der Waals surface area contributed by atoms with Gasteiger partial charge in [-0.1, -0.05) is 62.5 Å². The zero-order chi connectivity index (χ0) is 24.3. The van der Waals surface area contributed by atoms with Crippen molar-refractivity contribution in [1.82, 2.24) is 0 Å². The molecule has 2 aromatic carbocycles. The molecule has 0 atom stereocenters. The van der Waals surface area contributed by atoms with Gasteiger partial charge in [0.05, 0.1) is 11.3 Å². The number of nitrogens with one attached hydrogen (secondary N) is 1. The van der Waals surface area contributed by atoms with E-state index in [9.17, 15) is 30.5 Å². The quantitative estimate of drug-likeness (QED) is 0.188. The van der Waals surface area contributed by atoms with Crippen LogP contribution in [0.5, 0.6) is 0 Å². The molecule has 2 aromatic rings. The van der Waals surface area contributed by atoms with Crippen molar-refractivity contribution >= 4 is 21.9 Å². The Hall–Kier alpha value is -2.39. The second-order valence-corrected chi connectivity index (χ2v) is 9.10. The summed E-state index contributed by atoms with van der Waals surface area (Å²) in [5.74, 6) is -1.05. The average molecular weight is 487 g/mol. The molecule has 4 nitrogen and oxygen atoms in total. The lowest BCUT2D eigenvalue weighted by Crippen LogP contribution is -2.10. The molecule has 0 amide bonds. The molecule has 33 heavy (non-hydrogen) atoms. The molecule has 0 fully saturated rings. The Bertz CT molecular complexity index is 1000. The largest absolute Gasteiger partial charge is 0.744 e. The molecule has 0 spiro atoms. The number of halogens is 4. The standard InChI is InChI=1S/C24H29F4NO3S/c25-21-12-10-13-22(23(21)33(30,31)32)29-18-9-7-5-3-1-2-4-6-8-11-19-14-16-20(17-15-19)24(26,27)28/h8,10-17,29H,1-7,9,18H2,(H,30,31,32)/p-1/b11-8+. The number of hydrogen-bond acceptors (Lipinski definition) is 4. The normalized spacial score (nSPS) is 12.4. The minimum Gasteiger partial charge on any atom is -0.744 e. The molecule has 2 rings (SSSR count). The van der Waals surface area contributed by atoms with Crippen LogP contribution < -0.4 is 5.32 Å². The summed E-state index contributed by atoms with van der Waals surface area (Å²) in [6.45, 7) is 0.445. The van der Waals surface area contributed by atoms with Gasteiger partial charge in [0.2, 0.25) is 0 Å². The van der Waals surface area contributed by atoms with Crippen LogP contribution in [0.15, 0.2) is 53.4 Å². The molecular weight excluding hydrogens is 458 g/mol. The minimum absolute atomic E-state index is 0.00523. The number of benzene rings is 2. The van der Waals surface area contributed by atoms with E-state index in [1.54, 1.807) is 0 Å². The van der Waals surface area contributed by atoms with Gasteiger partial charge >= 0.3 is 6.18 Å². The highest BCUT2D eigenvalue weighted by Gasteiger charge is 2.29. The summed E-state index contributed by atoms with van der Waals surface area (Å²) in [6, 6.07) is 8.76. The predicted octanol–water partition coefficient (Wildman–Crippen LogP) is 6.99. The van der Waals surface area contributed by atoms with Gasteiger partial charge in [0, 0.05) is 6.54 Å².